The minimum absolute atomic E-state index is 0.111. The lowest BCUT2D eigenvalue weighted by Crippen LogP contribution is -2.41. The Balaban J connectivity index is 1.69. The monoisotopic (exact) mass is 439 g/mol. The fourth-order valence-corrected chi connectivity index (χ4v) is 5.98. The van der Waals surface area contributed by atoms with Crippen molar-refractivity contribution >= 4 is 38.2 Å². The summed E-state index contributed by atoms with van der Waals surface area (Å²) in [5.74, 6) is -2.09. The molecule has 0 aliphatic carbocycles. The normalized spacial score (nSPS) is 16.0. The maximum atomic E-state index is 13.9. The van der Waals surface area contributed by atoms with Crippen LogP contribution in [0.25, 0.3) is 0 Å². The first-order valence-corrected chi connectivity index (χ1v) is 11.3. The standard InChI is InChI=1S/C19H22FN3O4S2/c1-11-12(2)28-19(16(11)17(21)24)22-18(25)13-7-9-23(10-8-13)29(26,27)15-6-4-3-5-14(15)20/h3-6,13H,7-10H2,1-2H3,(H2,21,24)(H,22,25). The van der Waals surface area contributed by atoms with Crippen LogP contribution in [0.2, 0.25) is 0 Å². The van der Waals surface area contributed by atoms with E-state index in [2.05, 4.69) is 5.32 Å². The van der Waals surface area contributed by atoms with Gasteiger partial charge in [0.1, 0.15) is 15.7 Å². The number of hydrogen-bond donors (Lipinski definition) is 2. The average Bonchev–Trinajstić information content (AvgIpc) is 2.95. The first-order chi connectivity index (χ1) is 13.6. The van der Waals surface area contributed by atoms with Gasteiger partial charge in [-0.3, -0.25) is 9.59 Å². The molecule has 2 heterocycles. The van der Waals surface area contributed by atoms with E-state index in [0.29, 0.717) is 23.4 Å². The SMILES string of the molecule is Cc1sc(NC(=O)C2CCN(S(=O)(=O)c3ccccc3F)CC2)c(C(N)=O)c1C. The number of rotatable bonds is 5. The molecule has 2 aromatic rings. The van der Waals surface area contributed by atoms with Crippen molar-refractivity contribution in [3.63, 3.8) is 0 Å². The number of primary amides is 1. The molecule has 0 unspecified atom stereocenters. The number of anilines is 1. The quantitative estimate of drug-likeness (QED) is 0.746. The van der Waals surface area contributed by atoms with Crippen LogP contribution in [0.4, 0.5) is 9.39 Å². The third-order valence-corrected chi connectivity index (χ3v) is 8.20. The van der Waals surface area contributed by atoms with Crippen LogP contribution in [-0.2, 0) is 14.8 Å². The van der Waals surface area contributed by atoms with Crippen molar-refractivity contribution < 1.29 is 22.4 Å². The third kappa shape index (κ3) is 4.19. The number of carbonyl (C=O) groups excluding carboxylic acids is 2. The number of nitrogens with one attached hydrogen (secondary N) is 1. The highest BCUT2D eigenvalue weighted by molar-refractivity contribution is 7.89. The van der Waals surface area contributed by atoms with Crippen LogP contribution in [0.3, 0.4) is 0 Å². The maximum Gasteiger partial charge on any atom is 0.251 e. The molecule has 2 amide bonds. The van der Waals surface area contributed by atoms with Crippen molar-refractivity contribution in [1.29, 1.82) is 0 Å². The summed E-state index contributed by atoms with van der Waals surface area (Å²) in [6.45, 7) is 3.83. The number of hydrogen-bond acceptors (Lipinski definition) is 5. The Hall–Kier alpha value is -2.30. The number of sulfonamides is 1. The Morgan fingerprint density at radius 3 is 2.41 bits per heavy atom. The highest BCUT2D eigenvalue weighted by atomic mass is 32.2. The highest BCUT2D eigenvalue weighted by Gasteiger charge is 2.34. The van der Waals surface area contributed by atoms with Crippen LogP contribution in [-0.4, -0.2) is 37.6 Å². The van der Waals surface area contributed by atoms with E-state index in [-0.39, 0.29) is 23.9 Å². The molecule has 1 aliphatic heterocycles. The van der Waals surface area contributed by atoms with Gasteiger partial charge >= 0.3 is 0 Å². The molecule has 0 bridgehead atoms. The molecule has 1 aromatic carbocycles. The minimum atomic E-state index is -3.95. The lowest BCUT2D eigenvalue weighted by atomic mass is 9.97. The molecule has 0 radical (unpaired) electrons. The van der Waals surface area contributed by atoms with Crippen LogP contribution >= 0.6 is 11.3 Å². The van der Waals surface area contributed by atoms with Crippen molar-refractivity contribution in [2.75, 3.05) is 18.4 Å². The molecule has 7 nitrogen and oxygen atoms in total. The molecule has 1 saturated heterocycles. The molecule has 0 spiro atoms. The van der Waals surface area contributed by atoms with Gasteiger partial charge in [0, 0.05) is 23.9 Å². The number of nitrogens with two attached hydrogens (primary N) is 1. The van der Waals surface area contributed by atoms with E-state index in [1.54, 1.807) is 6.92 Å². The van der Waals surface area contributed by atoms with E-state index >= 15 is 0 Å². The predicted molar refractivity (Wildman–Crippen MR) is 109 cm³/mol. The number of carbonyl (C=O) groups is 2. The van der Waals surface area contributed by atoms with Gasteiger partial charge in [-0.1, -0.05) is 12.1 Å². The van der Waals surface area contributed by atoms with Crippen molar-refractivity contribution in [3.05, 3.63) is 46.1 Å². The molecule has 29 heavy (non-hydrogen) atoms. The van der Waals surface area contributed by atoms with Crippen molar-refractivity contribution in [2.45, 2.75) is 31.6 Å². The summed E-state index contributed by atoms with van der Waals surface area (Å²) in [6, 6.07) is 5.24. The van der Waals surface area contributed by atoms with E-state index in [4.69, 9.17) is 5.73 Å². The first kappa shape index (κ1) is 21.4. The molecule has 0 atom stereocenters. The molecule has 1 aromatic heterocycles. The van der Waals surface area contributed by atoms with Gasteiger partial charge in [-0.25, -0.2) is 12.8 Å². The Morgan fingerprint density at radius 2 is 1.83 bits per heavy atom. The summed E-state index contributed by atoms with van der Waals surface area (Å²) >= 11 is 1.28. The highest BCUT2D eigenvalue weighted by Crippen LogP contribution is 2.33. The number of piperidine rings is 1. The summed E-state index contributed by atoms with van der Waals surface area (Å²) in [4.78, 5) is 24.9. The van der Waals surface area contributed by atoms with Gasteiger partial charge < -0.3 is 11.1 Å². The van der Waals surface area contributed by atoms with Gasteiger partial charge in [-0.05, 0) is 44.4 Å². The average molecular weight is 440 g/mol. The molecule has 0 saturated carbocycles. The number of aryl methyl sites for hydroxylation is 1. The summed E-state index contributed by atoms with van der Waals surface area (Å²) in [6.07, 6.45) is 0.601. The lowest BCUT2D eigenvalue weighted by Gasteiger charge is -2.30. The predicted octanol–water partition coefficient (Wildman–Crippen LogP) is 2.64. The molecule has 1 fully saturated rings. The molecule has 156 valence electrons. The van der Waals surface area contributed by atoms with Gasteiger partial charge in [0.15, 0.2) is 0 Å². The van der Waals surface area contributed by atoms with E-state index in [1.165, 1.54) is 33.8 Å². The smallest absolute Gasteiger partial charge is 0.251 e. The van der Waals surface area contributed by atoms with Crippen LogP contribution in [0.1, 0.15) is 33.6 Å². The van der Waals surface area contributed by atoms with Gasteiger partial charge in [0.05, 0.1) is 5.56 Å². The zero-order valence-corrected chi connectivity index (χ0v) is 17.7. The third-order valence-electron chi connectivity index (χ3n) is 5.15. The second-order valence-electron chi connectivity index (χ2n) is 6.95. The van der Waals surface area contributed by atoms with Crippen molar-refractivity contribution in [3.8, 4) is 0 Å². The zero-order valence-electron chi connectivity index (χ0n) is 16.1. The van der Waals surface area contributed by atoms with Crippen LogP contribution in [0.5, 0.6) is 0 Å². The summed E-state index contributed by atoms with van der Waals surface area (Å²) in [5.41, 5.74) is 6.47. The van der Waals surface area contributed by atoms with E-state index in [0.717, 1.165) is 16.5 Å². The summed E-state index contributed by atoms with van der Waals surface area (Å²) in [5, 5.41) is 3.18. The fraction of sp³-hybridized carbons (Fsp3) is 0.368. The lowest BCUT2D eigenvalue weighted by molar-refractivity contribution is -0.120. The number of benzene rings is 1. The number of thiophene rings is 1. The summed E-state index contributed by atoms with van der Waals surface area (Å²) in [7, 11) is -3.95. The molecule has 3 rings (SSSR count). The van der Waals surface area contributed by atoms with E-state index in [9.17, 15) is 22.4 Å². The van der Waals surface area contributed by atoms with E-state index in [1.807, 2.05) is 6.92 Å². The second-order valence-corrected chi connectivity index (χ2v) is 10.1. The number of nitrogens with zero attached hydrogens (tertiary/aromatic N) is 1. The van der Waals surface area contributed by atoms with Gasteiger partial charge in [0.25, 0.3) is 5.91 Å². The second kappa shape index (κ2) is 8.21. The van der Waals surface area contributed by atoms with Crippen LogP contribution < -0.4 is 11.1 Å². The van der Waals surface area contributed by atoms with Gasteiger partial charge in [0.2, 0.25) is 15.9 Å². The number of amides is 2. The largest absolute Gasteiger partial charge is 0.365 e. The maximum absolute atomic E-state index is 13.9. The Morgan fingerprint density at radius 1 is 1.21 bits per heavy atom. The topological polar surface area (TPSA) is 110 Å². The molecule has 1 aliphatic rings. The van der Waals surface area contributed by atoms with Gasteiger partial charge in [-0.15, -0.1) is 11.3 Å². The van der Waals surface area contributed by atoms with Crippen LogP contribution in [0.15, 0.2) is 29.2 Å². The first-order valence-electron chi connectivity index (χ1n) is 9.08. The molecule has 3 N–H and O–H groups in total. The van der Waals surface area contributed by atoms with Crippen LogP contribution in [0, 0.1) is 25.6 Å². The Bertz CT molecular complexity index is 1060. The van der Waals surface area contributed by atoms with Crippen molar-refractivity contribution in [2.24, 2.45) is 11.7 Å². The van der Waals surface area contributed by atoms with Gasteiger partial charge in [-0.2, -0.15) is 4.31 Å². The molecular weight excluding hydrogens is 417 g/mol. The Labute approximate surface area is 172 Å². The minimum Gasteiger partial charge on any atom is -0.365 e. The van der Waals surface area contributed by atoms with Crippen molar-refractivity contribution in [1.82, 2.24) is 4.31 Å². The number of halogens is 1. The zero-order chi connectivity index (χ0) is 21.3. The van der Waals surface area contributed by atoms with E-state index < -0.39 is 27.7 Å². The fourth-order valence-electron chi connectivity index (χ4n) is 3.38. The summed E-state index contributed by atoms with van der Waals surface area (Å²) < 4.78 is 40.5. The Kier molecular flexibility index (Phi) is 6.06. The molecule has 10 heteroatoms. The molecular formula is C19H22FN3O4S2.